The molecule has 1 aromatic heterocycles. The number of likely N-dealkylation sites (N-methyl/N-ethyl adjacent to an activating group) is 1. The third kappa shape index (κ3) is 1.70. The molecule has 0 aromatic carbocycles. The number of hydrogen-bond acceptors (Lipinski definition) is 4. The first-order chi connectivity index (χ1) is 8.15. The highest BCUT2D eigenvalue weighted by molar-refractivity contribution is 5.92. The van der Waals surface area contributed by atoms with Gasteiger partial charge in [0.05, 0.1) is 17.9 Å². The van der Waals surface area contributed by atoms with Crippen LogP contribution in [0, 0.1) is 12.8 Å². The molecule has 5 heteroatoms. The second kappa shape index (κ2) is 3.77. The minimum atomic E-state index is 0.0223. The summed E-state index contributed by atoms with van der Waals surface area (Å²) in [5.74, 6) is 0.677. The smallest absolute Gasteiger partial charge is 0.274 e. The van der Waals surface area contributed by atoms with Crippen LogP contribution in [-0.4, -0.2) is 58.4 Å². The van der Waals surface area contributed by atoms with Gasteiger partial charge in [0.2, 0.25) is 0 Å². The lowest BCUT2D eigenvalue weighted by Gasteiger charge is -2.43. The first-order valence-electron chi connectivity index (χ1n) is 5.93. The maximum absolute atomic E-state index is 12.2. The molecule has 0 spiro atoms. The Kier molecular flexibility index (Phi) is 2.36. The van der Waals surface area contributed by atoms with Crippen molar-refractivity contribution in [3.63, 3.8) is 0 Å². The SMILES string of the molecule is Cc1cnc(C(=O)N2C[C@H]3CN(C)C[C@H]32)cn1. The summed E-state index contributed by atoms with van der Waals surface area (Å²) in [6.45, 7) is 4.82. The van der Waals surface area contributed by atoms with Gasteiger partial charge in [-0.15, -0.1) is 0 Å². The Hall–Kier alpha value is -1.49. The summed E-state index contributed by atoms with van der Waals surface area (Å²) in [5.41, 5.74) is 1.30. The molecule has 2 saturated heterocycles. The van der Waals surface area contributed by atoms with Gasteiger partial charge in [0.1, 0.15) is 5.69 Å². The van der Waals surface area contributed by atoms with Crippen LogP contribution in [0.15, 0.2) is 12.4 Å². The summed E-state index contributed by atoms with van der Waals surface area (Å²) < 4.78 is 0. The number of likely N-dealkylation sites (tertiary alicyclic amines) is 2. The average Bonchev–Trinajstić information content (AvgIpc) is 2.57. The van der Waals surface area contributed by atoms with Crippen molar-refractivity contribution in [3.05, 3.63) is 23.8 Å². The Morgan fingerprint density at radius 3 is 2.76 bits per heavy atom. The van der Waals surface area contributed by atoms with Crippen molar-refractivity contribution >= 4 is 5.91 Å². The number of aromatic nitrogens is 2. The number of carbonyl (C=O) groups is 1. The fourth-order valence-electron chi connectivity index (χ4n) is 2.73. The van der Waals surface area contributed by atoms with Crippen molar-refractivity contribution in [3.8, 4) is 0 Å². The lowest BCUT2D eigenvalue weighted by atomic mass is 9.91. The molecule has 0 radical (unpaired) electrons. The zero-order valence-corrected chi connectivity index (χ0v) is 10.1. The van der Waals surface area contributed by atoms with Gasteiger partial charge in [0.15, 0.2) is 0 Å². The second-order valence-electron chi connectivity index (χ2n) is 5.05. The maximum atomic E-state index is 12.2. The second-order valence-corrected chi connectivity index (χ2v) is 5.05. The highest BCUT2D eigenvalue weighted by atomic mass is 16.2. The molecule has 2 fully saturated rings. The number of rotatable bonds is 1. The van der Waals surface area contributed by atoms with Gasteiger partial charge in [-0.2, -0.15) is 0 Å². The Labute approximate surface area is 100 Å². The molecule has 0 bridgehead atoms. The molecule has 1 aromatic rings. The highest BCUT2D eigenvalue weighted by Gasteiger charge is 2.47. The Bertz CT molecular complexity index is 444. The van der Waals surface area contributed by atoms with E-state index < -0.39 is 0 Å². The summed E-state index contributed by atoms with van der Waals surface area (Å²) in [4.78, 5) is 24.7. The molecule has 0 N–H and O–H groups in total. The van der Waals surface area contributed by atoms with E-state index in [4.69, 9.17) is 0 Å². The molecule has 0 aliphatic carbocycles. The number of nitrogens with zero attached hydrogens (tertiary/aromatic N) is 4. The summed E-state index contributed by atoms with van der Waals surface area (Å²) in [5, 5.41) is 0. The fraction of sp³-hybridized carbons (Fsp3) is 0.583. The van der Waals surface area contributed by atoms with E-state index in [-0.39, 0.29) is 5.91 Å². The summed E-state index contributed by atoms with van der Waals surface area (Å²) >= 11 is 0. The Balaban J connectivity index is 1.74. The van der Waals surface area contributed by atoms with Crippen molar-refractivity contribution < 1.29 is 4.79 Å². The molecule has 0 saturated carbocycles. The molecular weight excluding hydrogens is 216 g/mol. The van der Waals surface area contributed by atoms with Crippen LogP contribution in [0.5, 0.6) is 0 Å². The van der Waals surface area contributed by atoms with E-state index in [1.165, 1.54) is 0 Å². The summed E-state index contributed by atoms with van der Waals surface area (Å²) in [7, 11) is 2.10. The minimum Gasteiger partial charge on any atom is -0.332 e. The minimum absolute atomic E-state index is 0.0223. The van der Waals surface area contributed by atoms with Crippen molar-refractivity contribution in [2.24, 2.45) is 5.92 Å². The lowest BCUT2D eigenvalue weighted by molar-refractivity contribution is 0.0320. The van der Waals surface area contributed by atoms with Gasteiger partial charge in [0, 0.05) is 31.7 Å². The number of aryl methyl sites for hydroxylation is 1. The zero-order valence-electron chi connectivity index (χ0n) is 10.1. The van der Waals surface area contributed by atoms with E-state index in [0.717, 1.165) is 25.3 Å². The highest BCUT2D eigenvalue weighted by Crippen LogP contribution is 2.32. The average molecular weight is 232 g/mol. The third-order valence-corrected chi connectivity index (χ3v) is 3.68. The normalized spacial score (nSPS) is 27.8. The predicted octanol–water partition coefficient (Wildman–Crippen LogP) is 0.171. The van der Waals surface area contributed by atoms with Gasteiger partial charge < -0.3 is 9.80 Å². The van der Waals surface area contributed by atoms with Crippen LogP contribution in [0.2, 0.25) is 0 Å². The quantitative estimate of drug-likeness (QED) is 0.692. The maximum Gasteiger partial charge on any atom is 0.274 e. The molecule has 90 valence electrons. The molecule has 2 aliphatic rings. The number of fused-ring (bicyclic) bond motifs is 1. The van der Waals surface area contributed by atoms with Gasteiger partial charge in [-0.05, 0) is 14.0 Å². The standard InChI is InChI=1S/C12H16N4O/c1-8-3-14-10(4-13-8)12(17)16-6-9-5-15(2)7-11(9)16/h3-4,9,11H,5-7H2,1-2H3/t9-,11-/m1/s1. The topological polar surface area (TPSA) is 49.3 Å². The van der Waals surface area contributed by atoms with E-state index in [1.54, 1.807) is 12.4 Å². The predicted molar refractivity (Wildman–Crippen MR) is 62.6 cm³/mol. The van der Waals surface area contributed by atoms with E-state index >= 15 is 0 Å². The van der Waals surface area contributed by atoms with Crippen molar-refractivity contribution in [1.29, 1.82) is 0 Å². The molecule has 3 heterocycles. The van der Waals surface area contributed by atoms with Gasteiger partial charge >= 0.3 is 0 Å². The molecule has 1 amide bonds. The van der Waals surface area contributed by atoms with E-state index in [0.29, 0.717) is 17.7 Å². The number of amides is 1. The fourth-order valence-corrected chi connectivity index (χ4v) is 2.73. The molecular formula is C12H16N4O. The van der Waals surface area contributed by atoms with Gasteiger partial charge in [-0.1, -0.05) is 0 Å². The van der Waals surface area contributed by atoms with Crippen molar-refractivity contribution in [2.75, 3.05) is 26.7 Å². The Morgan fingerprint density at radius 1 is 1.29 bits per heavy atom. The Morgan fingerprint density at radius 2 is 2.12 bits per heavy atom. The largest absolute Gasteiger partial charge is 0.332 e. The first kappa shape index (κ1) is 10.7. The molecule has 2 atom stereocenters. The van der Waals surface area contributed by atoms with E-state index in [9.17, 15) is 4.79 Å². The van der Waals surface area contributed by atoms with Crippen LogP contribution in [-0.2, 0) is 0 Å². The summed E-state index contributed by atoms with van der Waals surface area (Å²) in [6, 6.07) is 0.385. The van der Waals surface area contributed by atoms with Crippen molar-refractivity contribution in [2.45, 2.75) is 13.0 Å². The van der Waals surface area contributed by atoms with Crippen LogP contribution < -0.4 is 0 Å². The van der Waals surface area contributed by atoms with Crippen LogP contribution in [0.1, 0.15) is 16.2 Å². The monoisotopic (exact) mass is 232 g/mol. The molecule has 17 heavy (non-hydrogen) atoms. The van der Waals surface area contributed by atoms with Crippen LogP contribution >= 0.6 is 0 Å². The van der Waals surface area contributed by atoms with Crippen molar-refractivity contribution in [1.82, 2.24) is 19.8 Å². The van der Waals surface area contributed by atoms with Gasteiger partial charge in [-0.25, -0.2) is 4.98 Å². The third-order valence-electron chi connectivity index (χ3n) is 3.68. The molecule has 3 rings (SSSR count). The molecule has 0 unspecified atom stereocenters. The first-order valence-corrected chi connectivity index (χ1v) is 5.93. The van der Waals surface area contributed by atoms with Gasteiger partial charge in [0.25, 0.3) is 5.91 Å². The number of carbonyl (C=O) groups excluding carboxylic acids is 1. The van der Waals surface area contributed by atoms with E-state index in [2.05, 4.69) is 21.9 Å². The molecule has 5 nitrogen and oxygen atoms in total. The lowest BCUT2D eigenvalue weighted by Crippen LogP contribution is -2.58. The van der Waals surface area contributed by atoms with Crippen LogP contribution in [0.3, 0.4) is 0 Å². The zero-order chi connectivity index (χ0) is 12.0. The molecule has 2 aliphatic heterocycles. The van der Waals surface area contributed by atoms with Crippen LogP contribution in [0.4, 0.5) is 0 Å². The number of hydrogen-bond donors (Lipinski definition) is 0. The van der Waals surface area contributed by atoms with Gasteiger partial charge in [-0.3, -0.25) is 9.78 Å². The van der Waals surface area contributed by atoms with E-state index in [1.807, 2.05) is 11.8 Å². The summed E-state index contributed by atoms with van der Waals surface area (Å²) in [6.07, 6.45) is 3.22. The van der Waals surface area contributed by atoms with Crippen LogP contribution in [0.25, 0.3) is 0 Å².